The summed E-state index contributed by atoms with van der Waals surface area (Å²) in [6.45, 7) is 4.44. The largest absolute Gasteiger partial charge is 0.323 e. The highest BCUT2D eigenvalue weighted by Gasteiger charge is 2.26. The first-order valence-corrected chi connectivity index (χ1v) is 8.07. The van der Waals surface area contributed by atoms with E-state index in [0.717, 1.165) is 25.0 Å². The van der Waals surface area contributed by atoms with Crippen molar-refractivity contribution >= 4 is 21.4 Å². The van der Waals surface area contributed by atoms with Crippen LogP contribution in [0.15, 0.2) is 23.1 Å². The van der Waals surface area contributed by atoms with Crippen LogP contribution in [0.25, 0.3) is 0 Å². The molecule has 1 aromatic carbocycles. The van der Waals surface area contributed by atoms with Crippen LogP contribution in [0.5, 0.6) is 0 Å². The number of non-ortho nitro benzene ring substituents is 1. The standard InChI is InChI=1S/C12H20N4O4S/c1-3-5-8-15(4-2)21(19,20)12-7-6-10(16(17)18)9-11(12)14-13/h6-7,9,14H,3-5,8,13H2,1-2H3. The topological polar surface area (TPSA) is 119 Å². The van der Waals surface area contributed by atoms with E-state index in [4.69, 9.17) is 5.84 Å². The van der Waals surface area contributed by atoms with Crippen LogP contribution in [0.4, 0.5) is 11.4 Å². The summed E-state index contributed by atoms with van der Waals surface area (Å²) in [5, 5.41) is 10.7. The number of sulfonamides is 1. The second kappa shape index (κ2) is 7.34. The van der Waals surface area contributed by atoms with Crippen LogP contribution in [0, 0.1) is 10.1 Å². The molecule has 9 heteroatoms. The number of nitrogen functional groups attached to an aromatic ring is 1. The van der Waals surface area contributed by atoms with Crippen molar-refractivity contribution in [3.63, 3.8) is 0 Å². The molecule has 0 fully saturated rings. The zero-order valence-electron chi connectivity index (χ0n) is 12.1. The fourth-order valence-electron chi connectivity index (χ4n) is 1.89. The van der Waals surface area contributed by atoms with E-state index in [1.807, 2.05) is 6.92 Å². The highest BCUT2D eigenvalue weighted by molar-refractivity contribution is 7.89. The van der Waals surface area contributed by atoms with E-state index in [1.54, 1.807) is 6.92 Å². The van der Waals surface area contributed by atoms with Crippen LogP contribution in [0.2, 0.25) is 0 Å². The summed E-state index contributed by atoms with van der Waals surface area (Å²) in [7, 11) is -3.74. The van der Waals surface area contributed by atoms with Crippen molar-refractivity contribution in [3.8, 4) is 0 Å². The predicted octanol–water partition coefficient (Wildman–Crippen LogP) is 1.69. The van der Waals surface area contributed by atoms with Gasteiger partial charge in [-0.25, -0.2) is 8.42 Å². The van der Waals surface area contributed by atoms with Gasteiger partial charge in [0.15, 0.2) is 0 Å². The van der Waals surface area contributed by atoms with Gasteiger partial charge in [-0.15, -0.1) is 0 Å². The molecule has 0 saturated carbocycles. The molecule has 3 N–H and O–H groups in total. The average molecular weight is 316 g/mol. The molecule has 0 aromatic heterocycles. The lowest BCUT2D eigenvalue weighted by Crippen LogP contribution is -2.32. The zero-order chi connectivity index (χ0) is 16.0. The first-order chi connectivity index (χ1) is 9.88. The third-order valence-electron chi connectivity index (χ3n) is 3.06. The fraction of sp³-hybridized carbons (Fsp3) is 0.500. The zero-order valence-corrected chi connectivity index (χ0v) is 12.9. The summed E-state index contributed by atoms with van der Waals surface area (Å²) in [5.74, 6) is 5.30. The number of hydrogen-bond donors (Lipinski definition) is 2. The number of hydrazine groups is 1. The Morgan fingerprint density at radius 3 is 2.52 bits per heavy atom. The van der Waals surface area contributed by atoms with Crippen LogP contribution in [-0.4, -0.2) is 30.7 Å². The highest BCUT2D eigenvalue weighted by atomic mass is 32.2. The maximum atomic E-state index is 12.6. The Morgan fingerprint density at radius 2 is 2.05 bits per heavy atom. The summed E-state index contributed by atoms with van der Waals surface area (Å²) >= 11 is 0. The van der Waals surface area contributed by atoms with Crippen LogP contribution >= 0.6 is 0 Å². The minimum atomic E-state index is -3.74. The van der Waals surface area contributed by atoms with Crippen molar-refractivity contribution in [1.29, 1.82) is 0 Å². The van der Waals surface area contributed by atoms with E-state index in [-0.39, 0.29) is 16.3 Å². The van der Waals surface area contributed by atoms with Crippen molar-refractivity contribution in [1.82, 2.24) is 4.31 Å². The number of nitrogens with two attached hydrogens (primary N) is 1. The van der Waals surface area contributed by atoms with Crippen molar-refractivity contribution in [2.75, 3.05) is 18.5 Å². The molecular weight excluding hydrogens is 296 g/mol. The minimum Gasteiger partial charge on any atom is -0.323 e. The van der Waals surface area contributed by atoms with E-state index in [1.165, 1.54) is 10.4 Å². The van der Waals surface area contributed by atoms with Crippen molar-refractivity contribution in [3.05, 3.63) is 28.3 Å². The van der Waals surface area contributed by atoms with Gasteiger partial charge in [-0.05, 0) is 12.5 Å². The van der Waals surface area contributed by atoms with Gasteiger partial charge in [-0.2, -0.15) is 4.31 Å². The normalized spacial score (nSPS) is 11.6. The molecule has 0 aliphatic heterocycles. The van der Waals surface area contributed by atoms with Gasteiger partial charge < -0.3 is 5.43 Å². The Morgan fingerprint density at radius 1 is 1.38 bits per heavy atom. The molecular formula is C12H20N4O4S. The van der Waals surface area contributed by atoms with Crippen LogP contribution in [-0.2, 0) is 10.0 Å². The number of rotatable bonds is 8. The lowest BCUT2D eigenvalue weighted by molar-refractivity contribution is -0.384. The Labute approximate surface area is 124 Å². The average Bonchev–Trinajstić information content (AvgIpc) is 2.46. The van der Waals surface area contributed by atoms with Gasteiger partial charge in [0.2, 0.25) is 10.0 Å². The SMILES string of the molecule is CCCCN(CC)S(=O)(=O)c1ccc([N+](=O)[O-])cc1NN. The van der Waals surface area contributed by atoms with Crippen molar-refractivity contribution in [2.24, 2.45) is 5.84 Å². The lowest BCUT2D eigenvalue weighted by Gasteiger charge is -2.21. The summed E-state index contributed by atoms with van der Waals surface area (Å²) in [6.07, 6.45) is 1.61. The van der Waals surface area contributed by atoms with Gasteiger partial charge in [0.05, 0.1) is 10.6 Å². The first kappa shape index (κ1) is 17.3. The first-order valence-electron chi connectivity index (χ1n) is 6.63. The fourth-order valence-corrected chi connectivity index (χ4v) is 3.51. The molecule has 21 heavy (non-hydrogen) atoms. The monoisotopic (exact) mass is 316 g/mol. The second-order valence-corrected chi connectivity index (χ2v) is 6.34. The number of nitrogens with one attached hydrogen (secondary N) is 1. The summed E-state index contributed by atoms with van der Waals surface area (Å²) in [5.41, 5.74) is 2.01. The van der Waals surface area contributed by atoms with E-state index >= 15 is 0 Å². The molecule has 0 spiro atoms. The molecule has 0 bridgehead atoms. The molecule has 1 rings (SSSR count). The maximum absolute atomic E-state index is 12.6. The molecule has 0 aliphatic carbocycles. The van der Waals surface area contributed by atoms with Crippen LogP contribution in [0.1, 0.15) is 26.7 Å². The van der Waals surface area contributed by atoms with Crippen molar-refractivity contribution < 1.29 is 13.3 Å². The molecule has 0 amide bonds. The van der Waals surface area contributed by atoms with E-state index < -0.39 is 14.9 Å². The van der Waals surface area contributed by atoms with Crippen LogP contribution < -0.4 is 11.3 Å². The predicted molar refractivity (Wildman–Crippen MR) is 80.2 cm³/mol. The Balaban J connectivity index is 3.26. The van der Waals surface area contributed by atoms with E-state index in [0.29, 0.717) is 13.1 Å². The van der Waals surface area contributed by atoms with Gasteiger partial charge in [0.25, 0.3) is 5.69 Å². The number of nitro benzene ring substituents is 1. The van der Waals surface area contributed by atoms with Crippen molar-refractivity contribution in [2.45, 2.75) is 31.6 Å². The summed E-state index contributed by atoms with van der Waals surface area (Å²) < 4.78 is 26.5. The summed E-state index contributed by atoms with van der Waals surface area (Å²) in [4.78, 5) is 10.1. The minimum absolute atomic E-state index is 0.0131. The molecule has 0 heterocycles. The third kappa shape index (κ3) is 3.90. The van der Waals surface area contributed by atoms with Gasteiger partial charge in [0.1, 0.15) is 4.90 Å². The van der Waals surface area contributed by atoms with Gasteiger partial charge >= 0.3 is 0 Å². The molecule has 0 unspecified atom stereocenters. The highest BCUT2D eigenvalue weighted by Crippen LogP contribution is 2.28. The third-order valence-corrected chi connectivity index (χ3v) is 5.09. The number of nitrogens with zero attached hydrogens (tertiary/aromatic N) is 2. The number of anilines is 1. The molecule has 8 nitrogen and oxygen atoms in total. The van der Waals surface area contributed by atoms with Crippen LogP contribution in [0.3, 0.4) is 0 Å². The molecule has 0 aliphatic rings. The molecule has 0 saturated heterocycles. The van der Waals surface area contributed by atoms with E-state index in [9.17, 15) is 18.5 Å². The number of hydrogen-bond acceptors (Lipinski definition) is 6. The molecule has 0 radical (unpaired) electrons. The Kier molecular flexibility index (Phi) is 6.06. The van der Waals surface area contributed by atoms with Gasteiger partial charge in [0, 0.05) is 25.2 Å². The number of nitro groups is 1. The van der Waals surface area contributed by atoms with Gasteiger partial charge in [-0.3, -0.25) is 16.0 Å². The number of unbranched alkanes of at least 4 members (excludes halogenated alkanes) is 1. The molecule has 118 valence electrons. The quantitative estimate of drug-likeness (QED) is 0.428. The maximum Gasteiger partial charge on any atom is 0.271 e. The Hall–Kier alpha value is -1.71. The smallest absolute Gasteiger partial charge is 0.271 e. The summed E-state index contributed by atoms with van der Waals surface area (Å²) in [6, 6.07) is 3.47. The number of benzene rings is 1. The van der Waals surface area contributed by atoms with E-state index in [2.05, 4.69) is 5.43 Å². The molecule has 1 aromatic rings. The molecule has 0 atom stereocenters. The van der Waals surface area contributed by atoms with Gasteiger partial charge in [-0.1, -0.05) is 20.3 Å². The Bertz CT molecular complexity index is 603. The second-order valence-electron chi connectivity index (χ2n) is 4.43. The lowest BCUT2D eigenvalue weighted by atomic mass is 10.3.